The number of unbranched alkanes of at least 4 members (excludes halogenated alkanes) is 5. The summed E-state index contributed by atoms with van der Waals surface area (Å²) in [5, 5.41) is 0. The van der Waals surface area contributed by atoms with Crippen LogP contribution in [-0.2, 0) is 9.53 Å². The molecule has 1 aliphatic rings. The lowest BCUT2D eigenvalue weighted by Gasteiger charge is -2.11. The fourth-order valence-electron chi connectivity index (χ4n) is 3.19. The van der Waals surface area contributed by atoms with Gasteiger partial charge in [-0.1, -0.05) is 64.5 Å². The first-order valence-corrected chi connectivity index (χ1v) is 9.67. The fraction of sp³-hybridized carbons (Fsp3) is 0.667. The Morgan fingerprint density at radius 2 is 1.71 bits per heavy atom. The van der Waals surface area contributed by atoms with Crippen LogP contribution in [0.2, 0.25) is 0 Å². The molecule has 3 heteroatoms. The van der Waals surface area contributed by atoms with Gasteiger partial charge in [-0.05, 0) is 30.5 Å². The molecule has 1 fully saturated rings. The number of hydrogen-bond acceptors (Lipinski definition) is 3. The molecule has 1 saturated heterocycles. The van der Waals surface area contributed by atoms with Crippen molar-refractivity contribution in [2.45, 2.75) is 77.7 Å². The molecule has 0 aromatic heterocycles. The van der Waals surface area contributed by atoms with Crippen LogP contribution in [0.4, 0.5) is 0 Å². The van der Waals surface area contributed by atoms with Gasteiger partial charge in [0.05, 0.1) is 12.5 Å². The summed E-state index contributed by atoms with van der Waals surface area (Å²) in [4.78, 5) is 12.1. The summed E-state index contributed by atoms with van der Waals surface area (Å²) in [6.45, 7) is 5.13. The number of benzene rings is 1. The zero-order valence-corrected chi connectivity index (χ0v) is 15.3. The highest BCUT2D eigenvalue weighted by Gasteiger charge is 2.34. The van der Waals surface area contributed by atoms with E-state index in [0.29, 0.717) is 0 Å². The first-order valence-electron chi connectivity index (χ1n) is 9.67. The Hall–Kier alpha value is -1.51. The summed E-state index contributed by atoms with van der Waals surface area (Å²) in [7, 11) is 0. The van der Waals surface area contributed by atoms with E-state index >= 15 is 0 Å². The summed E-state index contributed by atoms with van der Waals surface area (Å²) in [5.41, 5.74) is 1.08. The lowest BCUT2D eigenvalue weighted by Crippen LogP contribution is -2.06. The Morgan fingerprint density at radius 3 is 2.42 bits per heavy atom. The van der Waals surface area contributed by atoms with Crippen LogP contribution in [0.3, 0.4) is 0 Å². The van der Waals surface area contributed by atoms with E-state index in [4.69, 9.17) is 9.47 Å². The third-order valence-corrected chi connectivity index (χ3v) is 4.76. The van der Waals surface area contributed by atoms with Gasteiger partial charge in [-0.3, -0.25) is 4.79 Å². The Kier molecular flexibility index (Phi) is 8.14. The maximum absolute atomic E-state index is 12.1. The van der Waals surface area contributed by atoms with Crippen molar-refractivity contribution in [1.82, 2.24) is 0 Å². The molecular weight excluding hydrogens is 300 g/mol. The molecule has 0 aliphatic carbocycles. The maximum Gasteiger partial charge on any atom is 0.309 e. The number of hydrogen-bond donors (Lipinski definition) is 0. The van der Waals surface area contributed by atoms with Gasteiger partial charge in [0, 0.05) is 6.42 Å². The molecule has 24 heavy (non-hydrogen) atoms. The highest BCUT2D eigenvalue weighted by atomic mass is 16.6. The first-order chi connectivity index (χ1) is 11.7. The van der Waals surface area contributed by atoms with E-state index in [1.165, 1.54) is 25.7 Å². The van der Waals surface area contributed by atoms with Crippen LogP contribution in [0, 0.1) is 5.92 Å². The van der Waals surface area contributed by atoms with Crippen molar-refractivity contribution in [3.63, 3.8) is 0 Å². The van der Waals surface area contributed by atoms with Crippen LogP contribution in [0.1, 0.15) is 83.3 Å². The Labute approximate surface area is 146 Å². The van der Waals surface area contributed by atoms with Gasteiger partial charge in [0.15, 0.2) is 0 Å². The van der Waals surface area contributed by atoms with E-state index in [1.54, 1.807) is 0 Å². The van der Waals surface area contributed by atoms with Crippen molar-refractivity contribution in [2.75, 3.05) is 6.61 Å². The fourth-order valence-corrected chi connectivity index (χ4v) is 3.19. The number of esters is 1. The van der Waals surface area contributed by atoms with Gasteiger partial charge >= 0.3 is 5.97 Å². The Bertz CT molecular complexity index is 480. The Morgan fingerprint density at radius 1 is 1.00 bits per heavy atom. The number of carbonyl (C=O) groups is 1. The zero-order chi connectivity index (χ0) is 17.2. The number of cyclic esters (lactones) is 1. The van der Waals surface area contributed by atoms with Gasteiger partial charge < -0.3 is 9.47 Å². The molecule has 1 aromatic carbocycles. The van der Waals surface area contributed by atoms with E-state index in [1.807, 2.05) is 24.3 Å². The topological polar surface area (TPSA) is 35.5 Å². The highest BCUT2D eigenvalue weighted by Crippen LogP contribution is 2.36. The van der Waals surface area contributed by atoms with E-state index in [0.717, 1.165) is 50.0 Å². The van der Waals surface area contributed by atoms with Gasteiger partial charge in [-0.25, -0.2) is 0 Å². The van der Waals surface area contributed by atoms with Crippen molar-refractivity contribution in [3.8, 4) is 5.75 Å². The monoisotopic (exact) mass is 332 g/mol. The molecule has 0 saturated carbocycles. The van der Waals surface area contributed by atoms with E-state index in [-0.39, 0.29) is 18.0 Å². The number of rotatable bonds is 11. The van der Waals surface area contributed by atoms with Crippen molar-refractivity contribution in [3.05, 3.63) is 29.8 Å². The molecular formula is C21H32O3. The molecule has 1 aliphatic heterocycles. The number of ether oxygens (including phenoxy) is 2. The molecule has 0 N–H and O–H groups in total. The summed E-state index contributed by atoms with van der Waals surface area (Å²) in [6.07, 6.45) is 10.1. The molecule has 3 nitrogen and oxygen atoms in total. The van der Waals surface area contributed by atoms with Gasteiger partial charge in [0.25, 0.3) is 0 Å². The highest BCUT2D eigenvalue weighted by molar-refractivity contribution is 5.74. The molecule has 2 atom stereocenters. The molecule has 0 amide bonds. The molecule has 2 rings (SSSR count). The lowest BCUT2D eigenvalue weighted by atomic mass is 9.95. The third-order valence-electron chi connectivity index (χ3n) is 4.76. The maximum atomic E-state index is 12.1. The summed E-state index contributed by atoms with van der Waals surface area (Å²) in [6, 6.07) is 8.03. The van der Waals surface area contributed by atoms with Gasteiger partial charge in [0.1, 0.15) is 11.9 Å². The van der Waals surface area contributed by atoms with Gasteiger partial charge in [0.2, 0.25) is 0 Å². The molecule has 0 spiro atoms. The van der Waals surface area contributed by atoms with E-state index in [9.17, 15) is 4.79 Å². The molecule has 1 aromatic rings. The van der Waals surface area contributed by atoms with E-state index in [2.05, 4.69) is 13.8 Å². The minimum absolute atomic E-state index is 0.0150. The molecule has 134 valence electrons. The van der Waals surface area contributed by atoms with E-state index < -0.39 is 0 Å². The standard InChI is InChI=1S/C21H32O3/c1-3-5-7-8-9-10-18-16-20(24-21(18)22)17-11-13-19(14-12-17)23-15-6-4-2/h11-14,18,20H,3-10,15-16H2,1-2H3. The predicted octanol–water partition coefficient (Wildman–Crippen LogP) is 5.83. The summed E-state index contributed by atoms with van der Waals surface area (Å²) in [5.74, 6) is 0.958. The van der Waals surface area contributed by atoms with Crippen molar-refractivity contribution < 1.29 is 14.3 Å². The quantitative estimate of drug-likeness (QED) is 0.378. The Balaban J connectivity index is 1.77. The zero-order valence-electron chi connectivity index (χ0n) is 15.3. The largest absolute Gasteiger partial charge is 0.494 e. The molecule has 1 heterocycles. The first kappa shape index (κ1) is 18.8. The third kappa shape index (κ3) is 5.85. The molecule has 0 bridgehead atoms. The average molecular weight is 332 g/mol. The average Bonchev–Trinajstić information content (AvgIpc) is 2.96. The summed E-state index contributed by atoms with van der Waals surface area (Å²) < 4.78 is 11.3. The van der Waals surface area contributed by atoms with Gasteiger partial charge in [-0.2, -0.15) is 0 Å². The summed E-state index contributed by atoms with van der Waals surface area (Å²) >= 11 is 0. The van der Waals surface area contributed by atoms with Crippen LogP contribution >= 0.6 is 0 Å². The smallest absolute Gasteiger partial charge is 0.309 e. The van der Waals surface area contributed by atoms with Gasteiger partial charge in [-0.15, -0.1) is 0 Å². The van der Waals surface area contributed by atoms with Crippen LogP contribution in [-0.4, -0.2) is 12.6 Å². The molecule has 0 radical (unpaired) electrons. The van der Waals surface area contributed by atoms with Crippen LogP contribution in [0.15, 0.2) is 24.3 Å². The van der Waals surface area contributed by atoms with Crippen molar-refractivity contribution in [2.24, 2.45) is 5.92 Å². The van der Waals surface area contributed by atoms with Crippen LogP contribution < -0.4 is 4.74 Å². The van der Waals surface area contributed by atoms with Crippen molar-refractivity contribution in [1.29, 1.82) is 0 Å². The SMILES string of the molecule is CCCCCCCC1CC(c2ccc(OCCCC)cc2)OC1=O. The second kappa shape index (κ2) is 10.4. The second-order valence-electron chi connectivity index (χ2n) is 6.83. The lowest BCUT2D eigenvalue weighted by molar-refractivity contribution is -0.144. The minimum atomic E-state index is -0.0807. The predicted molar refractivity (Wildman–Crippen MR) is 97.2 cm³/mol. The normalized spacial score (nSPS) is 20.2. The van der Waals surface area contributed by atoms with Crippen molar-refractivity contribution >= 4 is 5.97 Å². The minimum Gasteiger partial charge on any atom is -0.494 e. The van der Waals surface area contributed by atoms with Crippen LogP contribution in [0.5, 0.6) is 5.75 Å². The van der Waals surface area contributed by atoms with Crippen LogP contribution in [0.25, 0.3) is 0 Å². The second-order valence-corrected chi connectivity index (χ2v) is 6.83. The molecule has 2 unspecified atom stereocenters. The number of carbonyl (C=O) groups excluding carboxylic acids is 1.